The van der Waals surface area contributed by atoms with Crippen molar-refractivity contribution in [2.24, 2.45) is 0 Å². The summed E-state index contributed by atoms with van der Waals surface area (Å²) in [6, 6.07) is 4.80. The molecule has 2 rings (SSSR count). The van der Waals surface area contributed by atoms with Gasteiger partial charge in [-0.2, -0.15) is 0 Å². The van der Waals surface area contributed by atoms with E-state index in [-0.39, 0.29) is 19.0 Å². The van der Waals surface area contributed by atoms with Crippen LogP contribution in [0.25, 0.3) is 0 Å². The van der Waals surface area contributed by atoms with Crippen molar-refractivity contribution in [3.05, 3.63) is 30.1 Å². The third-order valence-corrected chi connectivity index (χ3v) is 3.09. The van der Waals surface area contributed by atoms with Crippen LogP contribution >= 0.6 is 0 Å². The SMILES string of the molecule is CC1(C)NC(=O)N(CC(O)COc2ccc(F)cc2)C1=O. The van der Waals surface area contributed by atoms with Crippen molar-refractivity contribution in [1.29, 1.82) is 0 Å². The summed E-state index contributed by atoms with van der Waals surface area (Å²) in [7, 11) is 0. The van der Waals surface area contributed by atoms with Gasteiger partial charge in [-0.3, -0.25) is 9.69 Å². The fourth-order valence-corrected chi connectivity index (χ4v) is 1.97. The number of aliphatic hydroxyl groups is 1. The summed E-state index contributed by atoms with van der Waals surface area (Å²) in [5.41, 5.74) is -0.964. The average Bonchev–Trinajstić information content (AvgIpc) is 2.60. The van der Waals surface area contributed by atoms with E-state index in [9.17, 15) is 19.1 Å². The molecule has 0 aliphatic carbocycles. The van der Waals surface area contributed by atoms with Gasteiger partial charge in [0, 0.05) is 0 Å². The molecule has 114 valence electrons. The molecule has 0 radical (unpaired) electrons. The molecule has 1 unspecified atom stereocenters. The number of benzene rings is 1. The van der Waals surface area contributed by atoms with E-state index in [1.54, 1.807) is 13.8 Å². The van der Waals surface area contributed by atoms with Gasteiger partial charge >= 0.3 is 6.03 Å². The molecule has 3 amide bonds. The first kappa shape index (κ1) is 15.2. The molecular weight excluding hydrogens is 279 g/mol. The molecule has 0 saturated carbocycles. The van der Waals surface area contributed by atoms with E-state index in [0.29, 0.717) is 5.75 Å². The van der Waals surface area contributed by atoms with Crippen molar-refractivity contribution in [2.45, 2.75) is 25.5 Å². The first-order chi connectivity index (χ1) is 9.79. The minimum Gasteiger partial charge on any atom is -0.491 e. The van der Waals surface area contributed by atoms with Crippen LogP contribution in [0.5, 0.6) is 5.75 Å². The van der Waals surface area contributed by atoms with Gasteiger partial charge in [-0.15, -0.1) is 0 Å². The van der Waals surface area contributed by atoms with Crippen molar-refractivity contribution < 1.29 is 23.8 Å². The minimum atomic E-state index is -1.03. The Bertz CT molecular complexity index is 544. The minimum absolute atomic E-state index is 0.108. The number of hydrogen-bond acceptors (Lipinski definition) is 4. The number of β-amino-alcohol motifs (C(OH)–C–C–N with tert-alkyl or cyclic N) is 1. The van der Waals surface area contributed by atoms with Crippen molar-refractivity contribution in [2.75, 3.05) is 13.2 Å². The topological polar surface area (TPSA) is 78.9 Å². The summed E-state index contributed by atoms with van der Waals surface area (Å²) >= 11 is 0. The largest absolute Gasteiger partial charge is 0.491 e. The number of hydrogen-bond donors (Lipinski definition) is 2. The smallest absolute Gasteiger partial charge is 0.325 e. The van der Waals surface area contributed by atoms with Crippen LogP contribution in [0.2, 0.25) is 0 Å². The van der Waals surface area contributed by atoms with E-state index in [1.807, 2.05) is 0 Å². The summed E-state index contributed by atoms with van der Waals surface area (Å²) in [4.78, 5) is 24.5. The van der Waals surface area contributed by atoms with E-state index in [4.69, 9.17) is 4.74 Å². The first-order valence-corrected chi connectivity index (χ1v) is 6.50. The van der Waals surface area contributed by atoms with Crippen LogP contribution in [0, 0.1) is 5.82 Å². The normalized spacial score (nSPS) is 18.6. The number of halogens is 1. The molecule has 7 heteroatoms. The summed E-state index contributed by atoms with van der Waals surface area (Å²) in [5.74, 6) is -0.384. The number of carbonyl (C=O) groups excluding carboxylic acids is 2. The van der Waals surface area contributed by atoms with Gasteiger partial charge in [-0.25, -0.2) is 9.18 Å². The van der Waals surface area contributed by atoms with E-state index >= 15 is 0 Å². The van der Waals surface area contributed by atoms with E-state index in [1.165, 1.54) is 24.3 Å². The van der Waals surface area contributed by atoms with E-state index < -0.39 is 23.6 Å². The highest BCUT2D eigenvalue weighted by Crippen LogP contribution is 2.17. The Morgan fingerprint density at radius 2 is 1.95 bits per heavy atom. The molecular formula is C14H17FN2O4. The van der Waals surface area contributed by atoms with Gasteiger partial charge in [-0.05, 0) is 38.1 Å². The zero-order chi connectivity index (χ0) is 15.6. The van der Waals surface area contributed by atoms with Gasteiger partial charge in [0.05, 0.1) is 6.54 Å². The molecule has 1 fully saturated rings. The number of urea groups is 1. The number of amides is 3. The van der Waals surface area contributed by atoms with Gasteiger partial charge in [0.15, 0.2) is 0 Å². The van der Waals surface area contributed by atoms with Crippen LogP contribution in [0.3, 0.4) is 0 Å². The highest BCUT2D eigenvalue weighted by Gasteiger charge is 2.44. The maximum atomic E-state index is 12.7. The number of rotatable bonds is 5. The molecule has 0 aromatic heterocycles. The van der Waals surface area contributed by atoms with Gasteiger partial charge in [0.2, 0.25) is 0 Å². The lowest BCUT2D eigenvalue weighted by molar-refractivity contribution is -0.131. The second-order valence-electron chi connectivity index (χ2n) is 5.39. The molecule has 21 heavy (non-hydrogen) atoms. The Kier molecular flexibility index (Phi) is 4.13. The van der Waals surface area contributed by atoms with Crippen LogP contribution in [0.4, 0.5) is 9.18 Å². The number of nitrogens with one attached hydrogen (secondary N) is 1. The standard InChI is InChI=1S/C14H17FN2O4/c1-14(2)12(19)17(13(20)16-14)7-10(18)8-21-11-5-3-9(15)4-6-11/h3-6,10,18H,7-8H2,1-2H3,(H,16,20). The lowest BCUT2D eigenvalue weighted by Crippen LogP contribution is -2.42. The quantitative estimate of drug-likeness (QED) is 0.791. The molecule has 1 aliphatic rings. The Hall–Kier alpha value is -2.15. The number of ether oxygens (including phenoxy) is 1. The second-order valence-corrected chi connectivity index (χ2v) is 5.39. The molecule has 1 heterocycles. The number of imide groups is 1. The number of carbonyl (C=O) groups is 2. The highest BCUT2D eigenvalue weighted by atomic mass is 19.1. The molecule has 1 aromatic rings. The van der Waals surface area contributed by atoms with Gasteiger partial charge in [-0.1, -0.05) is 0 Å². The van der Waals surface area contributed by atoms with Crippen molar-refractivity contribution in [3.63, 3.8) is 0 Å². The zero-order valence-corrected chi connectivity index (χ0v) is 11.8. The van der Waals surface area contributed by atoms with Crippen molar-refractivity contribution in [1.82, 2.24) is 10.2 Å². The fraction of sp³-hybridized carbons (Fsp3) is 0.429. The summed E-state index contributed by atoms with van der Waals surface area (Å²) in [6.07, 6.45) is -1.03. The van der Waals surface area contributed by atoms with Crippen LogP contribution in [0.15, 0.2) is 24.3 Å². The summed E-state index contributed by atoms with van der Waals surface area (Å²) < 4.78 is 18.0. The molecule has 1 aliphatic heterocycles. The van der Waals surface area contributed by atoms with Crippen LogP contribution in [-0.4, -0.2) is 46.7 Å². The predicted molar refractivity (Wildman–Crippen MR) is 72.2 cm³/mol. The first-order valence-electron chi connectivity index (χ1n) is 6.50. The van der Waals surface area contributed by atoms with Crippen LogP contribution in [-0.2, 0) is 4.79 Å². The Balaban J connectivity index is 1.87. The summed E-state index contributed by atoms with van der Waals surface area (Å²) in [6.45, 7) is 2.92. The highest BCUT2D eigenvalue weighted by molar-refractivity contribution is 6.06. The number of aliphatic hydroxyl groups excluding tert-OH is 1. The third-order valence-electron chi connectivity index (χ3n) is 3.09. The van der Waals surface area contributed by atoms with Gasteiger partial charge in [0.25, 0.3) is 5.91 Å². The van der Waals surface area contributed by atoms with E-state index in [0.717, 1.165) is 4.90 Å². The maximum Gasteiger partial charge on any atom is 0.325 e. The molecule has 6 nitrogen and oxygen atoms in total. The van der Waals surface area contributed by atoms with Gasteiger partial charge in [0.1, 0.15) is 29.8 Å². The van der Waals surface area contributed by atoms with Crippen LogP contribution in [0.1, 0.15) is 13.8 Å². The van der Waals surface area contributed by atoms with E-state index in [2.05, 4.69) is 5.32 Å². The lowest BCUT2D eigenvalue weighted by atomic mass is 10.1. The summed E-state index contributed by atoms with van der Waals surface area (Å²) in [5, 5.41) is 12.4. The maximum absolute atomic E-state index is 12.7. The molecule has 0 spiro atoms. The van der Waals surface area contributed by atoms with Gasteiger partial charge < -0.3 is 15.2 Å². The third kappa shape index (κ3) is 3.49. The lowest BCUT2D eigenvalue weighted by Gasteiger charge is -2.19. The zero-order valence-electron chi connectivity index (χ0n) is 11.8. The average molecular weight is 296 g/mol. The second kappa shape index (κ2) is 5.69. The molecule has 1 aromatic carbocycles. The Morgan fingerprint density at radius 1 is 1.33 bits per heavy atom. The number of nitrogens with zero attached hydrogens (tertiary/aromatic N) is 1. The van der Waals surface area contributed by atoms with Crippen molar-refractivity contribution in [3.8, 4) is 5.75 Å². The fourth-order valence-electron chi connectivity index (χ4n) is 1.97. The van der Waals surface area contributed by atoms with Crippen LogP contribution < -0.4 is 10.1 Å². The molecule has 2 N–H and O–H groups in total. The molecule has 0 bridgehead atoms. The Labute approximate surface area is 121 Å². The molecule has 1 atom stereocenters. The van der Waals surface area contributed by atoms with Crippen molar-refractivity contribution >= 4 is 11.9 Å². The Morgan fingerprint density at radius 3 is 2.48 bits per heavy atom. The monoisotopic (exact) mass is 296 g/mol. The molecule has 1 saturated heterocycles. The predicted octanol–water partition coefficient (Wildman–Crippen LogP) is 0.896.